The maximum absolute atomic E-state index is 13.0. The molecule has 0 unspecified atom stereocenters. The highest BCUT2D eigenvalue weighted by atomic mass is 35.7. The Bertz CT molecular complexity index is 3220. The van der Waals surface area contributed by atoms with Crippen molar-refractivity contribution in [2.45, 2.75) is 22.9 Å². The van der Waals surface area contributed by atoms with Gasteiger partial charge in [-0.25, -0.2) is 16.8 Å². The summed E-state index contributed by atoms with van der Waals surface area (Å²) in [4.78, 5) is 4.39. The lowest BCUT2D eigenvalue weighted by Crippen LogP contribution is -2.19. The Kier molecular flexibility index (Phi) is 16.8. The molecule has 0 saturated carbocycles. The summed E-state index contributed by atoms with van der Waals surface area (Å²) in [5, 5.41) is 12.9. The summed E-state index contributed by atoms with van der Waals surface area (Å²) in [6, 6.07) is 35.6. The zero-order valence-corrected chi connectivity index (χ0v) is 41.6. The number of ether oxygens (including phenoxy) is 2. The fourth-order valence-corrected chi connectivity index (χ4v) is 9.07. The molecule has 0 radical (unpaired) electrons. The summed E-state index contributed by atoms with van der Waals surface area (Å²) in [6.07, 6.45) is 3.65. The van der Waals surface area contributed by atoms with Gasteiger partial charge in [0.1, 0.15) is 17.3 Å². The molecule has 67 heavy (non-hydrogen) atoms. The number of nitrogens with zero attached hydrogens (tertiary/aromatic N) is 6. The van der Waals surface area contributed by atoms with Crippen LogP contribution in [0.3, 0.4) is 0 Å². The number of rotatable bonds is 14. The average Bonchev–Trinajstić information content (AvgIpc) is 3.94. The fraction of sp³-hybridized carbons (Fsp3) is 0.208. The maximum atomic E-state index is 13.0. The topological polar surface area (TPSA) is 167 Å². The predicted octanol–water partition coefficient (Wildman–Crippen LogP) is 9.85. The molecule has 0 atom stereocenters. The smallest absolute Gasteiger partial charge is 0.263 e. The van der Waals surface area contributed by atoms with Crippen LogP contribution in [-0.4, -0.2) is 102 Å². The van der Waals surface area contributed by atoms with E-state index in [9.17, 15) is 16.8 Å². The van der Waals surface area contributed by atoms with Crippen LogP contribution in [-0.2, 0) is 32.2 Å². The summed E-state index contributed by atoms with van der Waals surface area (Å²) in [6.45, 7) is 3.35. The first-order valence-corrected chi connectivity index (χ1v) is 25.2. The maximum Gasteiger partial charge on any atom is 0.263 e. The van der Waals surface area contributed by atoms with Crippen molar-refractivity contribution in [3.05, 3.63) is 144 Å². The van der Waals surface area contributed by atoms with Crippen molar-refractivity contribution < 1.29 is 26.3 Å². The molecule has 0 aliphatic heterocycles. The molecular formula is C48H51Cl3N8O6S2. The lowest BCUT2D eigenvalue weighted by Gasteiger charge is -2.13. The van der Waals surface area contributed by atoms with E-state index in [1.54, 1.807) is 85.8 Å². The lowest BCUT2D eigenvalue weighted by molar-refractivity contribution is 0.373. The van der Waals surface area contributed by atoms with Gasteiger partial charge in [-0.05, 0) is 128 Å². The van der Waals surface area contributed by atoms with Crippen molar-refractivity contribution in [2.75, 3.05) is 66.0 Å². The summed E-state index contributed by atoms with van der Waals surface area (Å²) in [7, 11) is 9.05. The second kappa shape index (κ2) is 22.3. The van der Waals surface area contributed by atoms with E-state index in [0.717, 1.165) is 63.4 Å². The highest BCUT2D eigenvalue weighted by molar-refractivity contribution is 8.13. The number of likely N-dealkylation sites (N-methyl/N-ethyl adjacent to an activating group) is 2. The SMILES string of the molecule is CN(C)CCn1ccc(N)n1.COc1cc(Cl)ccc1-c1cccc2cc(S(=O)(=O)Cl)ccc12.COc1cc(Cl)ccc1-c1cccc2cc(S(=O)(=O)Nc3ccn(CCN(C)C)n3)ccc12. The minimum atomic E-state index is -3.80. The zero-order valence-electron chi connectivity index (χ0n) is 37.7. The summed E-state index contributed by atoms with van der Waals surface area (Å²) in [5.41, 5.74) is 9.05. The van der Waals surface area contributed by atoms with Crippen LogP contribution in [0.2, 0.25) is 10.0 Å². The Morgan fingerprint density at radius 1 is 0.597 bits per heavy atom. The molecule has 6 aromatic carbocycles. The van der Waals surface area contributed by atoms with Crippen molar-refractivity contribution >= 4 is 86.1 Å². The Balaban J connectivity index is 0.000000188. The van der Waals surface area contributed by atoms with Gasteiger partial charge >= 0.3 is 0 Å². The third-order valence-electron chi connectivity index (χ3n) is 10.3. The minimum absolute atomic E-state index is 0.0758. The number of halogens is 3. The van der Waals surface area contributed by atoms with E-state index < -0.39 is 19.1 Å². The lowest BCUT2D eigenvalue weighted by atomic mass is 9.97. The monoisotopic (exact) mass is 1000 g/mol. The predicted molar refractivity (Wildman–Crippen MR) is 272 cm³/mol. The number of sulfonamides is 1. The fourth-order valence-electron chi connectivity index (χ4n) is 6.93. The molecule has 8 rings (SSSR count). The van der Waals surface area contributed by atoms with Gasteiger partial charge in [-0.15, -0.1) is 0 Å². The first-order valence-electron chi connectivity index (χ1n) is 20.7. The van der Waals surface area contributed by atoms with E-state index in [4.69, 9.17) is 49.1 Å². The van der Waals surface area contributed by atoms with Gasteiger partial charge in [0.2, 0.25) is 0 Å². The molecule has 14 nitrogen and oxygen atoms in total. The normalized spacial score (nSPS) is 11.6. The molecular weight excluding hydrogens is 955 g/mol. The number of nitrogen functional groups attached to an aromatic ring is 1. The van der Waals surface area contributed by atoms with Crippen molar-refractivity contribution in [1.82, 2.24) is 29.4 Å². The first-order chi connectivity index (χ1) is 31.8. The van der Waals surface area contributed by atoms with Gasteiger partial charge in [0.25, 0.3) is 19.1 Å². The molecule has 0 spiro atoms. The molecule has 2 aromatic heterocycles. The quantitative estimate of drug-likeness (QED) is 0.0996. The van der Waals surface area contributed by atoms with Gasteiger partial charge in [-0.3, -0.25) is 14.1 Å². The number of methoxy groups -OCH3 is 2. The number of anilines is 2. The van der Waals surface area contributed by atoms with Crippen LogP contribution >= 0.6 is 33.9 Å². The molecule has 0 aliphatic carbocycles. The third kappa shape index (κ3) is 13.4. The highest BCUT2D eigenvalue weighted by Crippen LogP contribution is 2.39. The second-order valence-electron chi connectivity index (χ2n) is 15.7. The van der Waals surface area contributed by atoms with Crippen molar-refractivity contribution in [2.24, 2.45) is 0 Å². The standard InChI is InChI=1S/C24H25ClN4O3S.C17H12Cl2O3S.C7H14N4/c1-28(2)13-14-29-12-11-24(26-29)27-33(30,31)19-8-10-20-17(15-19)5-4-6-21(20)22-9-7-18(25)16-23(22)32-3;1-22-17-10-12(18)5-7-16(17)15-4-2-3-11-9-13(23(19,20)21)6-8-14(11)15;1-10(2)5-6-11-4-3-7(8)9-11/h4-12,15-16H,13-14H2,1-3H3,(H,26,27);2-10H,1H3;3-4H,5-6H2,1-2H3,(H2,8,9). The van der Waals surface area contributed by atoms with Crippen molar-refractivity contribution in [1.29, 1.82) is 0 Å². The number of fused-ring (bicyclic) bond motifs is 2. The number of aromatic nitrogens is 4. The van der Waals surface area contributed by atoms with Gasteiger partial charge in [0.05, 0.1) is 37.1 Å². The van der Waals surface area contributed by atoms with E-state index in [-0.39, 0.29) is 15.6 Å². The van der Waals surface area contributed by atoms with E-state index in [0.29, 0.717) is 33.9 Å². The first kappa shape index (κ1) is 50.6. The second-order valence-corrected chi connectivity index (χ2v) is 20.8. The number of hydrogen-bond acceptors (Lipinski definition) is 11. The number of nitrogens with two attached hydrogens (primary N) is 1. The minimum Gasteiger partial charge on any atom is -0.496 e. The molecule has 2 heterocycles. The number of nitrogens with one attached hydrogen (secondary N) is 1. The molecule has 0 bridgehead atoms. The Morgan fingerprint density at radius 2 is 1.07 bits per heavy atom. The van der Waals surface area contributed by atoms with E-state index in [1.807, 2.05) is 98.6 Å². The Morgan fingerprint density at radius 3 is 1.54 bits per heavy atom. The Labute approximate surface area is 405 Å². The number of benzene rings is 6. The highest BCUT2D eigenvalue weighted by Gasteiger charge is 2.19. The largest absolute Gasteiger partial charge is 0.496 e. The van der Waals surface area contributed by atoms with Gasteiger partial charge in [0, 0.05) is 63.4 Å². The van der Waals surface area contributed by atoms with Crippen LogP contribution in [0.5, 0.6) is 11.5 Å². The molecule has 352 valence electrons. The summed E-state index contributed by atoms with van der Waals surface area (Å²) < 4.78 is 66.1. The average molecular weight is 1010 g/mol. The van der Waals surface area contributed by atoms with E-state index >= 15 is 0 Å². The van der Waals surface area contributed by atoms with Crippen molar-refractivity contribution in [3.8, 4) is 33.8 Å². The van der Waals surface area contributed by atoms with Gasteiger partial charge in [0.15, 0.2) is 5.82 Å². The van der Waals surface area contributed by atoms with Crippen LogP contribution < -0.4 is 19.9 Å². The molecule has 0 fully saturated rings. The molecule has 3 N–H and O–H groups in total. The number of hydrogen-bond donors (Lipinski definition) is 2. The molecule has 8 aromatic rings. The van der Waals surface area contributed by atoms with E-state index in [2.05, 4.69) is 19.8 Å². The molecule has 0 amide bonds. The van der Waals surface area contributed by atoms with Crippen LogP contribution in [0, 0.1) is 0 Å². The summed E-state index contributed by atoms with van der Waals surface area (Å²) >= 11 is 12.1. The Hall–Kier alpha value is -5.85. The molecule has 19 heteroatoms. The summed E-state index contributed by atoms with van der Waals surface area (Å²) in [5.74, 6) is 2.18. The van der Waals surface area contributed by atoms with E-state index in [1.165, 1.54) is 6.07 Å². The van der Waals surface area contributed by atoms with Crippen LogP contribution in [0.25, 0.3) is 43.8 Å². The van der Waals surface area contributed by atoms with Gasteiger partial charge in [-0.1, -0.05) is 71.7 Å². The van der Waals surface area contributed by atoms with Crippen molar-refractivity contribution in [3.63, 3.8) is 0 Å². The van der Waals surface area contributed by atoms with Crippen LogP contribution in [0.4, 0.5) is 11.6 Å². The third-order valence-corrected chi connectivity index (χ3v) is 13.5. The molecule has 0 saturated heterocycles. The van der Waals surface area contributed by atoms with Crippen LogP contribution in [0.1, 0.15) is 0 Å². The molecule has 0 aliphatic rings. The van der Waals surface area contributed by atoms with Gasteiger partial charge in [-0.2, -0.15) is 10.2 Å². The zero-order chi connectivity index (χ0) is 48.5. The van der Waals surface area contributed by atoms with Gasteiger partial charge < -0.3 is 25.0 Å². The van der Waals surface area contributed by atoms with Crippen LogP contribution in [0.15, 0.2) is 144 Å².